The Morgan fingerprint density at radius 3 is 2.62 bits per heavy atom. The number of aromatic nitrogens is 1. The number of aliphatic imine (C=N–C) groups is 1. The first kappa shape index (κ1) is 20.2. The summed E-state index contributed by atoms with van der Waals surface area (Å²) in [5.74, 6) is 0.319. The number of carbonyl (C=O) groups is 1. The number of rotatable bonds is 8. The summed E-state index contributed by atoms with van der Waals surface area (Å²) in [4.78, 5) is 18.5. The highest BCUT2D eigenvalue weighted by Crippen LogP contribution is 2.29. The molecule has 0 fully saturated rings. The fourth-order valence-corrected chi connectivity index (χ4v) is 2.57. The number of guanidine groups is 1. The standard InChI is InChI=1S/C14H21F3N4O2S/c1-18-13(19-7-4-3-5-12(22)23-2)20-8-6-11-21-10(9-24-11)14(15,16)17/h9H,3-8H2,1-2H3,(H2,18,19,20). The molecular weight excluding hydrogens is 345 g/mol. The Labute approximate surface area is 142 Å². The van der Waals surface area contributed by atoms with Gasteiger partial charge in [0.05, 0.1) is 12.1 Å². The molecule has 1 rings (SSSR count). The molecule has 0 saturated heterocycles. The van der Waals surface area contributed by atoms with Crippen LogP contribution in [0.25, 0.3) is 0 Å². The quantitative estimate of drug-likeness (QED) is 0.319. The molecular formula is C14H21F3N4O2S. The van der Waals surface area contributed by atoms with E-state index in [1.54, 1.807) is 7.05 Å². The van der Waals surface area contributed by atoms with E-state index >= 15 is 0 Å². The maximum absolute atomic E-state index is 12.5. The molecule has 0 aliphatic heterocycles. The van der Waals surface area contributed by atoms with Crippen molar-refractivity contribution in [2.24, 2.45) is 4.99 Å². The highest BCUT2D eigenvalue weighted by atomic mass is 32.1. The van der Waals surface area contributed by atoms with Gasteiger partial charge in [0.15, 0.2) is 11.7 Å². The first-order chi connectivity index (χ1) is 11.4. The zero-order valence-corrected chi connectivity index (χ0v) is 14.4. The average molecular weight is 366 g/mol. The molecule has 0 aromatic carbocycles. The van der Waals surface area contributed by atoms with Crippen LogP contribution < -0.4 is 10.6 Å². The lowest BCUT2D eigenvalue weighted by atomic mass is 10.2. The average Bonchev–Trinajstić information content (AvgIpc) is 3.01. The number of thiazole rings is 1. The number of methoxy groups -OCH3 is 1. The minimum Gasteiger partial charge on any atom is -0.469 e. The molecule has 0 unspecified atom stereocenters. The number of ether oxygens (including phenoxy) is 1. The van der Waals surface area contributed by atoms with Gasteiger partial charge in [0, 0.05) is 38.4 Å². The summed E-state index contributed by atoms with van der Waals surface area (Å²) in [7, 11) is 2.96. The van der Waals surface area contributed by atoms with Crippen LogP contribution in [0.3, 0.4) is 0 Å². The van der Waals surface area contributed by atoms with Crippen molar-refractivity contribution in [1.29, 1.82) is 0 Å². The summed E-state index contributed by atoms with van der Waals surface area (Å²) in [5.41, 5.74) is -0.851. The summed E-state index contributed by atoms with van der Waals surface area (Å²) in [5, 5.41) is 7.51. The van der Waals surface area contributed by atoms with Gasteiger partial charge < -0.3 is 15.4 Å². The van der Waals surface area contributed by atoms with Crippen LogP contribution in [-0.4, -0.2) is 44.2 Å². The van der Waals surface area contributed by atoms with E-state index in [2.05, 4.69) is 25.3 Å². The molecule has 0 bridgehead atoms. The number of carbonyl (C=O) groups excluding carboxylic acids is 1. The predicted octanol–water partition coefficient (Wildman–Crippen LogP) is 2.21. The lowest BCUT2D eigenvalue weighted by Gasteiger charge is -2.11. The molecule has 0 aliphatic rings. The predicted molar refractivity (Wildman–Crippen MR) is 86.1 cm³/mol. The lowest BCUT2D eigenvalue weighted by molar-refractivity contribution is -0.141. The fourth-order valence-electron chi connectivity index (χ4n) is 1.77. The maximum atomic E-state index is 12.5. The van der Waals surface area contributed by atoms with Gasteiger partial charge in [0.25, 0.3) is 0 Å². The van der Waals surface area contributed by atoms with Crippen LogP contribution in [0.4, 0.5) is 13.2 Å². The Kier molecular flexibility index (Phi) is 8.51. The van der Waals surface area contributed by atoms with Crippen LogP contribution in [0.5, 0.6) is 0 Å². The minimum absolute atomic E-state index is 0.237. The van der Waals surface area contributed by atoms with Crippen LogP contribution in [-0.2, 0) is 22.1 Å². The second-order valence-electron chi connectivity index (χ2n) is 4.83. The molecule has 24 heavy (non-hydrogen) atoms. The van der Waals surface area contributed by atoms with E-state index in [1.807, 2.05) is 0 Å². The molecule has 0 amide bonds. The monoisotopic (exact) mass is 366 g/mol. The van der Waals surface area contributed by atoms with Crippen molar-refractivity contribution in [2.45, 2.75) is 31.9 Å². The zero-order valence-electron chi connectivity index (χ0n) is 13.6. The molecule has 1 heterocycles. The number of nitrogens with one attached hydrogen (secondary N) is 2. The van der Waals surface area contributed by atoms with Gasteiger partial charge in [0.1, 0.15) is 0 Å². The zero-order chi connectivity index (χ0) is 18.0. The van der Waals surface area contributed by atoms with Crippen molar-refractivity contribution in [3.63, 3.8) is 0 Å². The van der Waals surface area contributed by atoms with Gasteiger partial charge in [0.2, 0.25) is 0 Å². The molecule has 0 aliphatic carbocycles. The number of unbranched alkanes of at least 4 members (excludes halogenated alkanes) is 1. The van der Waals surface area contributed by atoms with Crippen LogP contribution in [0.15, 0.2) is 10.4 Å². The van der Waals surface area contributed by atoms with E-state index in [9.17, 15) is 18.0 Å². The Morgan fingerprint density at radius 1 is 1.33 bits per heavy atom. The second-order valence-corrected chi connectivity index (χ2v) is 5.78. The van der Waals surface area contributed by atoms with Crippen molar-refractivity contribution in [3.05, 3.63) is 16.1 Å². The molecule has 1 aromatic rings. The second kappa shape index (κ2) is 10.1. The topological polar surface area (TPSA) is 75.6 Å². The van der Waals surface area contributed by atoms with Gasteiger partial charge >= 0.3 is 12.1 Å². The molecule has 136 valence electrons. The summed E-state index contributed by atoms with van der Waals surface area (Å²) >= 11 is 0.990. The first-order valence-corrected chi connectivity index (χ1v) is 8.27. The highest BCUT2D eigenvalue weighted by Gasteiger charge is 2.33. The Balaban J connectivity index is 2.22. The molecule has 0 radical (unpaired) electrons. The highest BCUT2D eigenvalue weighted by molar-refractivity contribution is 7.09. The van der Waals surface area contributed by atoms with Crippen LogP contribution in [0.2, 0.25) is 0 Å². The van der Waals surface area contributed by atoms with Crippen LogP contribution >= 0.6 is 11.3 Å². The van der Waals surface area contributed by atoms with Crippen molar-refractivity contribution >= 4 is 23.3 Å². The van der Waals surface area contributed by atoms with E-state index in [0.717, 1.165) is 23.1 Å². The number of esters is 1. The summed E-state index contributed by atoms with van der Waals surface area (Å²) in [6.07, 6.45) is -2.17. The van der Waals surface area contributed by atoms with E-state index in [0.29, 0.717) is 43.3 Å². The van der Waals surface area contributed by atoms with Crippen LogP contribution in [0, 0.1) is 0 Å². The molecule has 0 spiro atoms. The third-order valence-corrected chi connectivity index (χ3v) is 3.93. The first-order valence-electron chi connectivity index (χ1n) is 7.39. The minimum atomic E-state index is -4.40. The molecule has 6 nitrogen and oxygen atoms in total. The smallest absolute Gasteiger partial charge is 0.434 e. The van der Waals surface area contributed by atoms with E-state index in [4.69, 9.17) is 0 Å². The largest absolute Gasteiger partial charge is 0.469 e. The van der Waals surface area contributed by atoms with Crippen LogP contribution in [0.1, 0.15) is 30.0 Å². The van der Waals surface area contributed by atoms with Gasteiger partial charge in [-0.05, 0) is 12.8 Å². The number of hydrogen-bond donors (Lipinski definition) is 2. The maximum Gasteiger partial charge on any atom is 0.434 e. The van der Waals surface area contributed by atoms with E-state index < -0.39 is 11.9 Å². The number of nitrogens with zero attached hydrogens (tertiary/aromatic N) is 2. The number of halogens is 3. The Bertz CT molecular complexity index is 546. The van der Waals surface area contributed by atoms with E-state index in [-0.39, 0.29) is 5.97 Å². The molecule has 1 aromatic heterocycles. The van der Waals surface area contributed by atoms with Crippen molar-refractivity contribution in [1.82, 2.24) is 15.6 Å². The Hall–Kier alpha value is -1.84. The van der Waals surface area contributed by atoms with Gasteiger partial charge in [-0.15, -0.1) is 11.3 Å². The van der Waals surface area contributed by atoms with Gasteiger partial charge in [-0.2, -0.15) is 13.2 Å². The van der Waals surface area contributed by atoms with Gasteiger partial charge in [-0.3, -0.25) is 9.79 Å². The summed E-state index contributed by atoms with van der Waals surface area (Å²) < 4.78 is 41.9. The van der Waals surface area contributed by atoms with Crippen molar-refractivity contribution < 1.29 is 22.7 Å². The Morgan fingerprint density at radius 2 is 2.04 bits per heavy atom. The summed E-state index contributed by atoms with van der Waals surface area (Å²) in [6.45, 7) is 1.05. The summed E-state index contributed by atoms with van der Waals surface area (Å²) in [6, 6.07) is 0. The molecule has 2 N–H and O–H groups in total. The SMILES string of the molecule is CN=C(NCCCCC(=O)OC)NCCc1nc(C(F)(F)F)cs1. The van der Waals surface area contributed by atoms with Gasteiger partial charge in [-0.1, -0.05) is 0 Å². The number of alkyl halides is 3. The normalized spacial score (nSPS) is 12.1. The third-order valence-electron chi connectivity index (χ3n) is 3.02. The van der Waals surface area contributed by atoms with Gasteiger partial charge in [-0.25, -0.2) is 4.98 Å². The van der Waals surface area contributed by atoms with Crippen molar-refractivity contribution in [2.75, 3.05) is 27.2 Å². The van der Waals surface area contributed by atoms with Crippen molar-refractivity contribution in [3.8, 4) is 0 Å². The molecule has 10 heteroatoms. The number of hydrogen-bond acceptors (Lipinski definition) is 5. The molecule has 0 atom stereocenters. The van der Waals surface area contributed by atoms with E-state index in [1.165, 1.54) is 7.11 Å². The fraction of sp³-hybridized carbons (Fsp3) is 0.643. The molecule has 0 saturated carbocycles. The third kappa shape index (κ3) is 7.62. The lowest BCUT2D eigenvalue weighted by Crippen LogP contribution is -2.38.